The summed E-state index contributed by atoms with van der Waals surface area (Å²) < 4.78 is 0. The second-order valence-corrected chi connectivity index (χ2v) is 6.04. The standard InChI is InChI=1S/C21H21N3O2/c1-15(18-13-7-9-16-8-5-6-12-19(16)18)22-14-20(25)24-21(26)23-17-10-3-2-4-11-17/h2-13,15,22H,14H2,1H3,(H2,23,24,25,26)/t15-/m1/s1. The van der Waals surface area contributed by atoms with Gasteiger partial charge in [-0.15, -0.1) is 0 Å². The smallest absolute Gasteiger partial charge is 0.308 e. The highest BCUT2D eigenvalue weighted by molar-refractivity contribution is 6.01. The number of nitrogens with one attached hydrogen (secondary N) is 3. The van der Waals surface area contributed by atoms with Crippen LogP contribution in [0.3, 0.4) is 0 Å². The number of hydrogen-bond acceptors (Lipinski definition) is 3. The Bertz CT molecular complexity index is 904. The van der Waals surface area contributed by atoms with Gasteiger partial charge in [0.25, 0.3) is 0 Å². The van der Waals surface area contributed by atoms with E-state index in [1.165, 1.54) is 0 Å². The van der Waals surface area contributed by atoms with Gasteiger partial charge < -0.3 is 10.6 Å². The van der Waals surface area contributed by atoms with Gasteiger partial charge in [0.05, 0.1) is 6.54 Å². The summed E-state index contributed by atoms with van der Waals surface area (Å²) in [6.07, 6.45) is 0. The van der Waals surface area contributed by atoms with Gasteiger partial charge in [0.15, 0.2) is 0 Å². The van der Waals surface area contributed by atoms with Crippen LogP contribution in [0.4, 0.5) is 10.5 Å². The van der Waals surface area contributed by atoms with Crippen LogP contribution in [0.25, 0.3) is 10.8 Å². The predicted octanol–water partition coefficient (Wildman–Crippen LogP) is 3.84. The van der Waals surface area contributed by atoms with Crippen LogP contribution in [0.15, 0.2) is 72.8 Å². The molecule has 3 aromatic rings. The highest BCUT2D eigenvalue weighted by Gasteiger charge is 2.12. The summed E-state index contributed by atoms with van der Waals surface area (Å²) in [5.41, 5.74) is 1.75. The number of carbonyl (C=O) groups excluding carboxylic acids is 2. The molecule has 3 N–H and O–H groups in total. The average Bonchev–Trinajstić information content (AvgIpc) is 2.66. The minimum Gasteiger partial charge on any atom is -0.308 e. The van der Waals surface area contributed by atoms with E-state index in [-0.39, 0.29) is 18.5 Å². The molecule has 0 fully saturated rings. The summed E-state index contributed by atoms with van der Waals surface area (Å²) in [4.78, 5) is 23.9. The molecule has 26 heavy (non-hydrogen) atoms. The Hall–Kier alpha value is -3.18. The quantitative estimate of drug-likeness (QED) is 0.657. The Kier molecular flexibility index (Phi) is 5.61. The maximum absolute atomic E-state index is 12.0. The van der Waals surface area contributed by atoms with Crippen molar-refractivity contribution in [3.05, 3.63) is 78.4 Å². The molecule has 0 radical (unpaired) electrons. The van der Waals surface area contributed by atoms with Crippen molar-refractivity contribution in [1.29, 1.82) is 0 Å². The number of para-hydroxylation sites is 1. The molecule has 0 saturated heterocycles. The number of rotatable bonds is 5. The molecule has 0 aromatic heterocycles. The summed E-state index contributed by atoms with van der Waals surface area (Å²) in [5.74, 6) is -0.384. The fraction of sp³-hybridized carbons (Fsp3) is 0.143. The van der Waals surface area contributed by atoms with Gasteiger partial charge in [0.2, 0.25) is 5.91 Å². The van der Waals surface area contributed by atoms with Crippen LogP contribution < -0.4 is 16.0 Å². The molecule has 132 valence electrons. The molecule has 3 amide bonds. The molecule has 5 nitrogen and oxygen atoms in total. The summed E-state index contributed by atoms with van der Waals surface area (Å²) >= 11 is 0. The topological polar surface area (TPSA) is 70.2 Å². The second-order valence-electron chi connectivity index (χ2n) is 6.04. The first-order chi connectivity index (χ1) is 12.6. The molecule has 3 rings (SSSR count). The Morgan fingerprint density at radius 2 is 1.58 bits per heavy atom. The van der Waals surface area contributed by atoms with E-state index in [0.29, 0.717) is 5.69 Å². The first-order valence-electron chi connectivity index (χ1n) is 8.50. The lowest BCUT2D eigenvalue weighted by molar-refractivity contribution is -0.119. The van der Waals surface area contributed by atoms with E-state index < -0.39 is 6.03 Å². The lowest BCUT2D eigenvalue weighted by Crippen LogP contribution is -2.40. The molecule has 0 bridgehead atoms. The van der Waals surface area contributed by atoms with Crippen molar-refractivity contribution >= 4 is 28.4 Å². The van der Waals surface area contributed by atoms with Crippen LogP contribution >= 0.6 is 0 Å². The minimum atomic E-state index is -0.541. The zero-order valence-electron chi connectivity index (χ0n) is 14.5. The van der Waals surface area contributed by atoms with Gasteiger partial charge in [-0.25, -0.2) is 4.79 Å². The normalized spacial score (nSPS) is 11.7. The zero-order valence-corrected chi connectivity index (χ0v) is 14.5. The maximum atomic E-state index is 12.0. The Morgan fingerprint density at radius 1 is 0.885 bits per heavy atom. The number of carbonyl (C=O) groups is 2. The third-order valence-electron chi connectivity index (χ3n) is 4.14. The van der Waals surface area contributed by atoms with Gasteiger partial charge >= 0.3 is 6.03 Å². The molecule has 0 spiro atoms. The van der Waals surface area contributed by atoms with Crippen LogP contribution in [0.2, 0.25) is 0 Å². The summed E-state index contributed by atoms with van der Waals surface area (Å²) in [6.45, 7) is 2.05. The predicted molar refractivity (Wildman–Crippen MR) is 104 cm³/mol. The number of urea groups is 1. The van der Waals surface area contributed by atoms with Gasteiger partial charge in [-0.2, -0.15) is 0 Å². The van der Waals surface area contributed by atoms with E-state index in [1.807, 2.05) is 49.4 Å². The lowest BCUT2D eigenvalue weighted by Gasteiger charge is -2.16. The summed E-state index contributed by atoms with van der Waals surface area (Å²) in [5, 5.41) is 10.4. The molecule has 0 aliphatic heterocycles. The molecule has 0 unspecified atom stereocenters. The number of amides is 3. The third kappa shape index (κ3) is 4.46. The van der Waals surface area contributed by atoms with Crippen LogP contribution in [0.5, 0.6) is 0 Å². The second kappa shape index (κ2) is 8.27. The Morgan fingerprint density at radius 3 is 2.38 bits per heavy atom. The van der Waals surface area contributed by atoms with Gasteiger partial charge in [0, 0.05) is 11.7 Å². The number of hydrogen-bond donors (Lipinski definition) is 3. The van der Waals surface area contributed by atoms with Crippen molar-refractivity contribution in [3.8, 4) is 0 Å². The van der Waals surface area contributed by atoms with Gasteiger partial charge in [0.1, 0.15) is 0 Å². The first kappa shape index (κ1) is 17.6. The highest BCUT2D eigenvalue weighted by Crippen LogP contribution is 2.23. The van der Waals surface area contributed by atoms with E-state index >= 15 is 0 Å². The molecule has 3 aromatic carbocycles. The van der Waals surface area contributed by atoms with E-state index in [1.54, 1.807) is 12.1 Å². The maximum Gasteiger partial charge on any atom is 0.325 e. The molecule has 0 heterocycles. The number of anilines is 1. The van der Waals surface area contributed by atoms with Crippen LogP contribution in [-0.4, -0.2) is 18.5 Å². The van der Waals surface area contributed by atoms with E-state index in [9.17, 15) is 9.59 Å². The van der Waals surface area contributed by atoms with Crippen LogP contribution in [0, 0.1) is 0 Å². The monoisotopic (exact) mass is 347 g/mol. The largest absolute Gasteiger partial charge is 0.325 e. The van der Waals surface area contributed by atoms with Gasteiger partial charge in [-0.1, -0.05) is 60.7 Å². The van der Waals surface area contributed by atoms with Crippen LogP contribution in [-0.2, 0) is 4.79 Å². The van der Waals surface area contributed by atoms with Crippen molar-refractivity contribution in [3.63, 3.8) is 0 Å². The Labute approximate surface area is 152 Å². The fourth-order valence-corrected chi connectivity index (χ4v) is 2.84. The lowest BCUT2D eigenvalue weighted by atomic mass is 10.00. The van der Waals surface area contributed by atoms with Crippen LogP contribution in [0.1, 0.15) is 18.5 Å². The summed E-state index contributed by atoms with van der Waals surface area (Å²) in [7, 11) is 0. The van der Waals surface area contributed by atoms with Crippen molar-refractivity contribution in [2.75, 3.05) is 11.9 Å². The highest BCUT2D eigenvalue weighted by atomic mass is 16.2. The fourth-order valence-electron chi connectivity index (χ4n) is 2.84. The average molecular weight is 347 g/mol. The van der Waals surface area contributed by atoms with Gasteiger partial charge in [-0.3, -0.25) is 10.1 Å². The van der Waals surface area contributed by atoms with Crippen molar-refractivity contribution in [2.45, 2.75) is 13.0 Å². The number of imide groups is 1. The van der Waals surface area contributed by atoms with E-state index in [0.717, 1.165) is 16.3 Å². The Balaban J connectivity index is 1.54. The SMILES string of the molecule is C[C@@H](NCC(=O)NC(=O)Nc1ccccc1)c1cccc2ccccc12. The molecule has 5 heteroatoms. The third-order valence-corrected chi connectivity index (χ3v) is 4.14. The van der Waals surface area contributed by atoms with Crippen molar-refractivity contribution in [1.82, 2.24) is 10.6 Å². The van der Waals surface area contributed by atoms with Gasteiger partial charge in [-0.05, 0) is 35.4 Å². The molecule has 0 aliphatic rings. The number of fused-ring (bicyclic) bond motifs is 1. The number of benzene rings is 3. The summed E-state index contributed by atoms with van der Waals surface area (Å²) in [6, 6.07) is 22.7. The minimum absolute atomic E-state index is 0.0240. The zero-order chi connectivity index (χ0) is 18.4. The molecule has 1 atom stereocenters. The van der Waals surface area contributed by atoms with E-state index in [4.69, 9.17) is 0 Å². The molecular weight excluding hydrogens is 326 g/mol. The molecule has 0 aliphatic carbocycles. The molecule has 0 saturated carbocycles. The van der Waals surface area contributed by atoms with Crippen molar-refractivity contribution in [2.24, 2.45) is 0 Å². The first-order valence-corrected chi connectivity index (χ1v) is 8.50. The van der Waals surface area contributed by atoms with E-state index in [2.05, 4.69) is 34.1 Å². The molecular formula is C21H21N3O2. The van der Waals surface area contributed by atoms with Crippen molar-refractivity contribution < 1.29 is 9.59 Å².